The van der Waals surface area contributed by atoms with Crippen LogP contribution in [0, 0.1) is 27.7 Å². The highest BCUT2D eigenvalue weighted by Crippen LogP contribution is 2.43. The van der Waals surface area contributed by atoms with Crippen molar-refractivity contribution in [1.29, 1.82) is 0 Å². The van der Waals surface area contributed by atoms with Crippen LogP contribution in [0.15, 0.2) is 48.5 Å². The summed E-state index contributed by atoms with van der Waals surface area (Å²) in [5.41, 5.74) is 9.12. The van der Waals surface area contributed by atoms with E-state index in [4.69, 9.17) is 27.9 Å². The standard InChI is InChI=1S/C37H38Cl2N4O4/c1-20-15-27(16-21(2)33(20)39)47-14-8-11-28-29-12-13-30(38)32(31-23(4)40-41(6)24(31)5)34(29)43-18-22(3)42(36(44)35(28)43)19-25-9-7-10-26(17-25)37(45)46/h7,9-10,12-13,15-17,22H,8,11,14,18-19H2,1-6H3,(H,45,46)/t22-/m1/s1. The Labute approximate surface area is 284 Å². The van der Waals surface area contributed by atoms with Crippen molar-refractivity contribution in [3.8, 4) is 16.9 Å². The molecule has 0 fully saturated rings. The molecule has 3 heterocycles. The molecule has 0 saturated heterocycles. The van der Waals surface area contributed by atoms with Gasteiger partial charge in [0.25, 0.3) is 5.91 Å². The van der Waals surface area contributed by atoms with E-state index in [0.29, 0.717) is 43.3 Å². The van der Waals surface area contributed by atoms with Gasteiger partial charge in [0.2, 0.25) is 0 Å². The molecule has 0 spiro atoms. The molecule has 0 aliphatic carbocycles. The van der Waals surface area contributed by atoms with Gasteiger partial charge in [-0.25, -0.2) is 4.79 Å². The monoisotopic (exact) mass is 672 g/mol. The predicted octanol–water partition coefficient (Wildman–Crippen LogP) is 8.34. The molecule has 0 saturated carbocycles. The van der Waals surface area contributed by atoms with Crippen LogP contribution in [0.5, 0.6) is 5.75 Å². The van der Waals surface area contributed by atoms with E-state index >= 15 is 0 Å². The number of carbonyl (C=O) groups excluding carboxylic acids is 1. The molecule has 0 unspecified atom stereocenters. The third-order valence-electron chi connectivity index (χ3n) is 9.26. The minimum absolute atomic E-state index is 0.0951. The van der Waals surface area contributed by atoms with Gasteiger partial charge in [0, 0.05) is 53.4 Å². The second kappa shape index (κ2) is 12.7. The van der Waals surface area contributed by atoms with Gasteiger partial charge >= 0.3 is 5.97 Å². The van der Waals surface area contributed by atoms with Crippen LogP contribution < -0.4 is 4.74 Å². The van der Waals surface area contributed by atoms with Gasteiger partial charge < -0.3 is 19.3 Å². The number of nitrogens with zero attached hydrogens (tertiary/aromatic N) is 4. The summed E-state index contributed by atoms with van der Waals surface area (Å²) in [5, 5.41) is 16.6. The maximum Gasteiger partial charge on any atom is 0.335 e. The van der Waals surface area contributed by atoms with E-state index in [1.165, 1.54) is 0 Å². The summed E-state index contributed by atoms with van der Waals surface area (Å²) < 4.78 is 10.2. The average molecular weight is 674 g/mol. The van der Waals surface area contributed by atoms with Gasteiger partial charge in [-0.3, -0.25) is 9.48 Å². The molecule has 10 heteroatoms. The summed E-state index contributed by atoms with van der Waals surface area (Å²) in [6.07, 6.45) is 1.29. The first kappa shape index (κ1) is 32.7. The van der Waals surface area contributed by atoms with Crippen LogP contribution in [-0.4, -0.2) is 48.9 Å². The largest absolute Gasteiger partial charge is 0.494 e. The fourth-order valence-corrected chi connectivity index (χ4v) is 7.26. The SMILES string of the molecule is Cc1cc(OCCCc2c3n(c4c(-c5c(C)nn(C)c5C)c(Cl)ccc24)C[C@@H](C)N(Cc2cccc(C(=O)O)c2)C3=O)cc(C)c1Cl. The summed E-state index contributed by atoms with van der Waals surface area (Å²) in [6.45, 7) is 11.3. The van der Waals surface area contributed by atoms with Crippen molar-refractivity contribution < 1.29 is 19.4 Å². The van der Waals surface area contributed by atoms with E-state index in [2.05, 4.69) is 9.67 Å². The van der Waals surface area contributed by atoms with Crippen LogP contribution in [0.3, 0.4) is 0 Å². The lowest BCUT2D eigenvalue weighted by molar-refractivity contribution is 0.0597. The number of rotatable bonds is 9. The lowest BCUT2D eigenvalue weighted by atomic mass is 9.98. The molecule has 5 aromatic rings. The summed E-state index contributed by atoms with van der Waals surface area (Å²) in [7, 11) is 1.92. The summed E-state index contributed by atoms with van der Waals surface area (Å²) in [5.74, 6) is -0.324. The zero-order valence-corrected chi connectivity index (χ0v) is 29.0. The Morgan fingerprint density at radius 1 is 1.04 bits per heavy atom. The van der Waals surface area contributed by atoms with Crippen molar-refractivity contribution in [1.82, 2.24) is 19.2 Å². The molecule has 3 aromatic carbocycles. The third-order valence-corrected chi connectivity index (χ3v) is 10.2. The lowest BCUT2D eigenvalue weighted by Crippen LogP contribution is -2.46. The number of halogens is 2. The normalized spacial score (nSPS) is 14.6. The Bertz CT molecular complexity index is 2040. The Morgan fingerprint density at radius 2 is 1.77 bits per heavy atom. The number of hydrogen-bond acceptors (Lipinski definition) is 4. The van der Waals surface area contributed by atoms with E-state index in [1.807, 2.05) is 81.6 Å². The van der Waals surface area contributed by atoms with Crippen molar-refractivity contribution in [3.63, 3.8) is 0 Å². The van der Waals surface area contributed by atoms with Crippen molar-refractivity contribution in [2.75, 3.05) is 6.61 Å². The van der Waals surface area contributed by atoms with Gasteiger partial charge in [-0.1, -0.05) is 41.4 Å². The first-order valence-electron chi connectivity index (χ1n) is 15.7. The number of fused-ring (bicyclic) bond motifs is 3. The molecule has 1 amide bonds. The number of ether oxygens (including phenoxy) is 1. The highest BCUT2D eigenvalue weighted by Gasteiger charge is 2.36. The summed E-state index contributed by atoms with van der Waals surface area (Å²) >= 11 is 13.4. The van der Waals surface area contributed by atoms with Crippen molar-refractivity contribution in [2.24, 2.45) is 7.05 Å². The molecule has 2 aromatic heterocycles. The number of carboxylic acid groups (broad SMARTS) is 1. The number of carbonyl (C=O) groups is 2. The molecular formula is C37H38Cl2N4O4. The minimum atomic E-state index is -0.996. The van der Waals surface area contributed by atoms with Crippen molar-refractivity contribution in [3.05, 3.63) is 103 Å². The summed E-state index contributed by atoms with van der Waals surface area (Å²) in [4.78, 5) is 28.1. The highest BCUT2D eigenvalue weighted by atomic mass is 35.5. The topological polar surface area (TPSA) is 89.6 Å². The number of aromatic carboxylic acids is 1. The lowest BCUT2D eigenvalue weighted by Gasteiger charge is -2.35. The highest BCUT2D eigenvalue weighted by molar-refractivity contribution is 6.35. The van der Waals surface area contributed by atoms with Gasteiger partial charge in [-0.05, 0) is 100 Å². The zero-order chi connectivity index (χ0) is 33.7. The first-order valence-corrected chi connectivity index (χ1v) is 16.5. The molecule has 0 radical (unpaired) electrons. The third kappa shape index (κ3) is 5.89. The molecule has 1 atom stereocenters. The number of benzene rings is 3. The minimum Gasteiger partial charge on any atom is -0.494 e. The number of amides is 1. The van der Waals surface area contributed by atoms with Gasteiger partial charge in [0.05, 0.1) is 28.4 Å². The molecule has 8 nitrogen and oxygen atoms in total. The number of hydrogen-bond donors (Lipinski definition) is 1. The molecule has 1 aliphatic rings. The van der Waals surface area contributed by atoms with E-state index in [9.17, 15) is 14.7 Å². The van der Waals surface area contributed by atoms with Crippen LogP contribution in [0.2, 0.25) is 10.0 Å². The molecule has 1 aliphatic heterocycles. The van der Waals surface area contributed by atoms with Gasteiger partial charge in [-0.15, -0.1) is 0 Å². The smallest absolute Gasteiger partial charge is 0.335 e. The van der Waals surface area contributed by atoms with Crippen molar-refractivity contribution in [2.45, 2.75) is 66.6 Å². The Hall–Kier alpha value is -4.27. The van der Waals surface area contributed by atoms with Gasteiger partial charge in [-0.2, -0.15) is 5.10 Å². The molecule has 0 bridgehead atoms. The maximum atomic E-state index is 14.6. The molecule has 47 heavy (non-hydrogen) atoms. The van der Waals surface area contributed by atoms with Crippen LogP contribution >= 0.6 is 23.2 Å². The second-order valence-corrected chi connectivity index (χ2v) is 13.3. The van der Waals surface area contributed by atoms with E-state index in [1.54, 1.807) is 18.2 Å². The zero-order valence-electron chi connectivity index (χ0n) is 27.4. The molecule has 244 valence electrons. The quantitative estimate of drug-likeness (QED) is 0.159. The fraction of sp³-hybridized carbons (Fsp3) is 0.324. The van der Waals surface area contributed by atoms with E-state index < -0.39 is 5.97 Å². The predicted molar refractivity (Wildman–Crippen MR) is 186 cm³/mol. The first-order chi connectivity index (χ1) is 22.4. The second-order valence-electron chi connectivity index (χ2n) is 12.5. The number of aromatic nitrogens is 3. The molecule has 1 N–H and O–H groups in total. The Kier molecular flexibility index (Phi) is 8.85. The number of aryl methyl sites for hydroxylation is 5. The molecule has 6 rings (SSSR count). The van der Waals surface area contributed by atoms with Crippen LogP contribution in [-0.2, 0) is 26.6 Å². The van der Waals surface area contributed by atoms with E-state index in [-0.39, 0.29) is 17.5 Å². The van der Waals surface area contributed by atoms with Crippen LogP contribution in [0.4, 0.5) is 0 Å². The fourth-order valence-electron chi connectivity index (χ4n) is 6.90. The maximum absolute atomic E-state index is 14.6. The summed E-state index contributed by atoms with van der Waals surface area (Å²) in [6, 6.07) is 14.4. The average Bonchev–Trinajstić information content (AvgIpc) is 3.47. The van der Waals surface area contributed by atoms with Gasteiger partial charge in [0.15, 0.2) is 0 Å². The molecular weight excluding hydrogens is 635 g/mol. The Balaban J connectivity index is 1.43. The van der Waals surface area contributed by atoms with E-state index in [0.717, 1.165) is 66.4 Å². The van der Waals surface area contributed by atoms with Gasteiger partial charge in [0.1, 0.15) is 11.4 Å². The van der Waals surface area contributed by atoms with Crippen LogP contribution in [0.1, 0.15) is 67.8 Å². The Morgan fingerprint density at radius 3 is 2.43 bits per heavy atom. The van der Waals surface area contributed by atoms with Crippen molar-refractivity contribution >= 4 is 46.0 Å². The van der Waals surface area contributed by atoms with Crippen LogP contribution in [0.25, 0.3) is 22.0 Å². The number of carboxylic acids is 1.